The largest absolute Gasteiger partial charge is 0.496 e. The minimum Gasteiger partial charge on any atom is -0.496 e. The monoisotopic (exact) mass is 474 g/mol. The molecule has 0 saturated heterocycles. The van der Waals surface area contributed by atoms with Crippen LogP contribution >= 0.6 is 15.9 Å². The summed E-state index contributed by atoms with van der Waals surface area (Å²) in [6, 6.07) is 25.5. The molecule has 31 heavy (non-hydrogen) atoms. The quantitative estimate of drug-likeness (QED) is 0.366. The highest BCUT2D eigenvalue weighted by atomic mass is 79.9. The van der Waals surface area contributed by atoms with Crippen LogP contribution in [0, 0.1) is 0 Å². The number of methoxy groups -OCH3 is 1. The van der Waals surface area contributed by atoms with Gasteiger partial charge in [0.05, 0.1) is 11.6 Å². The zero-order chi connectivity index (χ0) is 21.8. The topological polar surface area (TPSA) is 67.4 Å². The number of carbonyl (C=O) groups excluding carboxylic acids is 2. The zero-order valence-electron chi connectivity index (χ0n) is 16.7. The van der Waals surface area contributed by atoms with E-state index in [0.717, 1.165) is 16.5 Å². The van der Waals surface area contributed by atoms with E-state index in [1.165, 1.54) is 0 Å². The smallest absolute Gasteiger partial charge is 0.255 e. The number of benzene rings is 4. The lowest BCUT2D eigenvalue weighted by Gasteiger charge is -2.10. The summed E-state index contributed by atoms with van der Waals surface area (Å²) in [5, 5.41) is 7.83. The molecule has 0 aliphatic rings. The number of rotatable bonds is 5. The van der Waals surface area contributed by atoms with Gasteiger partial charge in [-0.05, 0) is 69.8 Å². The molecule has 4 aromatic carbocycles. The Morgan fingerprint density at radius 2 is 1.45 bits per heavy atom. The van der Waals surface area contributed by atoms with Crippen LogP contribution in [0.4, 0.5) is 11.4 Å². The van der Waals surface area contributed by atoms with Gasteiger partial charge in [0.2, 0.25) is 0 Å². The molecule has 0 aliphatic heterocycles. The van der Waals surface area contributed by atoms with Gasteiger partial charge in [-0.25, -0.2) is 0 Å². The molecule has 6 heteroatoms. The molecule has 154 valence electrons. The fourth-order valence-corrected chi connectivity index (χ4v) is 3.79. The van der Waals surface area contributed by atoms with Crippen molar-refractivity contribution in [3.05, 3.63) is 101 Å². The Bertz CT molecular complexity index is 1260. The number of ether oxygens (including phenoxy) is 1. The van der Waals surface area contributed by atoms with Crippen molar-refractivity contribution in [1.82, 2.24) is 0 Å². The van der Waals surface area contributed by atoms with Crippen LogP contribution in [0.25, 0.3) is 10.8 Å². The van der Waals surface area contributed by atoms with E-state index >= 15 is 0 Å². The van der Waals surface area contributed by atoms with Crippen LogP contribution in [-0.4, -0.2) is 18.9 Å². The molecule has 0 heterocycles. The highest BCUT2D eigenvalue weighted by molar-refractivity contribution is 9.10. The Morgan fingerprint density at radius 1 is 0.774 bits per heavy atom. The Hall–Kier alpha value is -3.64. The molecule has 0 unspecified atom stereocenters. The molecule has 0 aliphatic carbocycles. The third-order valence-corrected chi connectivity index (χ3v) is 5.48. The molecule has 0 aromatic heterocycles. The minimum atomic E-state index is -0.253. The zero-order valence-corrected chi connectivity index (χ0v) is 18.3. The summed E-state index contributed by atoms with van der Waals surface area (Å²) in [7, 11) is 1.57. The molecule has 2 amide bonds. The Kier molecular flexibility index (Phi) is 6.00. The highest BCUT2D eigenvalue weighted by Crippen LogP contribution is 2.26. The van der Waals surface area contributed by atoms with E-state index < -0.39 is 0 Å². The van der Waals surface area contributed by atoms with Gasteiger partial charge in [0.15, 0.2) is 0 Å². The molecule has 0 fully saturated rings. The normalized spacial score (nSPS) is 10.5. The number of carbonyl (C=O) groups is 2. The first-order valence-corrected chi connectivity index (χ1v) is 10.4. The van der Waals surface area contributed by atoms with E-state index in [1.807, 2.05) is 42.5 Å². The molecule has 4 rings (SSSR count). The van der Waals surface area contributed by atoms with Gasteiger partial charge in [0, 0.05) is 27.9 Å². The van der Waals surface area contributed by atoms with Crippen molar-refractivity contribution in [1.29, 1.82) is 0 Å². The van der Waals surface area contributed by atoms with Crippen molar-refractivity contribution in [2.45, 2.75) is 0 Å². The van der Waals surface area contributed by atoms with Gasteiger partial charge in [-0.1, -0.05) is 36.4 Å². The number of anilines is 2. The number of halogens is 1. The third kappa shape index (κ3) is 4.59. The molecule has 0 saturated carbocycles. The first-order valence-electron chi connectivity index (χ1n) is 9.59. The first kappa shape index (κ1) is 20.6. The van der Waals surface area contributed by atoms with Crippen molar-refractivity contribution in [3.8, 4) is 5.75 Å². The van der Waals surface area contributed by atoms with Crippen molar-refractivity contribution < 1.29 is 14.3 Å². The maximum absolute atomic E-state index is 12.7. The molecular formula is C25H19BrN2O3. The number of fused-ring (bicyclic) bond motifs is 1. The lowest BCUT2D eigenvalue weighted by molar-refractivity contribution is 0.102. The molecule has 0 bridgehead atoms. The van der Waals surface area contributed by atoms with Gasteiger partial charge in [-0.3, -0.25) is 9.59 Å². The average molecular weight is 475 g/mol. The van der Waals surface area contributed by atoms with Crippen LogP contribution in [0.2, 0.25) is 0 Å². The Morgan fingerprint density at radius 3 is 2.19 bits per heavy atom. The Labute approximate surface area is 188 Å². The predicted molar refractivity (Wildman–Crippen MR) is 127 cm³/mol. The molecule has 0 radical (unpaired) electrons. The van der Waals surface area contributed by atoms with Crippen LogP contribution in [-0.2, 0) is 0 Å². The maximum Gasteiger partial charge on any atom is 0.255 e. The Balaban J connectivity index is 1.45. The molecule has 5 nitrogen and oxygen atoms in total. The average Bonchev–Trinajstić information content (AvgIpc) is 2.79. The molecule has 2 N–H and O–H groups in total. The van der Waals surface area contributed by atoms with E-state index in [-0.39, 0.29) is 11.8 Å². The lowest BCUT2D eigenvalue weighted by atomic mass is 10.1. The van der Waals surface area contributed by atoms with Gasteiger partial charge < -0.3 is 15.4 Å². The number of hydrogen-bond acceptors (Lipinski definition) is 3. The van der Waals surface area contributed by atoms with Crippen LogP contribution in [0.5, 0.6) is 5.75 Å². The summed E-state index contributed by atoms with van der Waals surface area (Å²) in [5.74, 6) is 0.183. The SMILES string of the molecule is COc1ccc(C(=O)Nc2ccc(C(=O)Nc3cccc4ccccc34)cc2)cc1Br. The maximum atomic E-state index is 12.7. The van der Waals surface area contributed by atoms with Gasteiger partial charge in [-0.2, -0.15) is 0 Å². The molecule has 4 aromatic rings. The van der Waals surface area contributed by atoms with Crippen molar-refractivity contribution >= 4 is 49.9 Å². The van der Waals surface area contributed by atoms with E-state index in [2.05, 4.69) is 26.6 Å². The predicted octanol–water partition coefficient (Wildman–Crippen LogP) is 6.12. The number of amides is 2. The highest BCUT2D eigenvalue weighted by Gasteiger charge is 2.11. The lowest BCUT2D eigenvalue weighted by Crippen LogP contribution is -2.14. The number of hydrogen-bond donors (Lipinski definition) is 2. The van der Waals surface area contributed by atoms with Crippen LogP contribution < -0.4 is 15.4 Å². The van der Waals surface area contributed by atoms with Gasteiger partial charge in [0.1, 0.15) is 5.75 Å². The van der Waals surface area contributed by atoms with Crippen molar-refractivity contribution in [2.75, 3.05) is 17.7 Å². The summed E-state index contributed by atoms with van der Waals surface area (Å²) < 4.78 is 5.88. The first-order chi connectivity index (χ1) is 15.0. The third-order valence-electron chi connectivity index (χ3n) is 4.86. The summed E-state index contributed by atoms with van der Waals surface area (Å²) in [6.07, 6.45) is 0. The van der Waals surface area contributed by atoms with Crippen molar-refractivity contribution in [3.63, 3.8) is 0 Å². The standard InChI is InChI=1S/C25H19BrN2O3/c1-31-23-14-11-18(15-21(23)26)25(30)27-19-12-9-17(10-13-19)24(29)28-22-8-4-6-16-5-2-3-7-20(16)22/h2-15H,1H3,(H,27,30)(H,28,29). The summed E-state index contributed by atoms with van der Waals surface area (Å²) in [6.45, 7) is 0. The van der Waals surface area contributed by atoms with Crippen molar-refractivity contribution in [2.24, 2.45) is 0 Å². The summed E-state index contributed by atoms with van der Waals surface area (Å²) >= 11 is 3.38. The van der Waals surface area contributed by atoms with Gasteiger partial charge in [-0.15, -0.1) is 0 Å². The van der Waals surface area contributed by atoms with E-state index in [9.17, 15) is 9.59 Å². The fraction of sp³-hybridized carbons (Fsp3) is 0.0400. The summed E-state index contributed by atoms with van der Waals surface area (Å²) in [5.41, 5.74) is 2.34. The van der Waals surface area contributed by atoms with Crippen LogP contribution in [0.3, 0.4) is 0 Å². The second-order valence-corrected chi connectivity index (χ2v) is 7.72. The molecule has 0 atom stereocenters. The van der Waals surface area contributed by atoms with Crippen LogP contribution in [0.1, 0.15) is 20.7 Å². The molecular weight excluding hydrogens is 456 g/mol. The van der Waals surface area contributed by atoms with E-state index in [4.69, 9.17) is 4.74 Å². The summed E-state index contributed by atoms with van der Waals surface area (Å²) in [4.78, 5) is 25.2. The van der Waals surface area contributed by atoms with Gasteiger partial charge in [0.25, 0.3) is 11.8 Å². The second kappa shape index (κ2) is 9.02. The minimum absolute atomic E-state index is 0.215. The van der Waals surface area contributed by atoms with Crippen LogP contribution in [0.15, 0.2) is 89.4 Å². The second-order valence-electron chi connectivity index (χ2n) is 6.86. The van der Waals surface area contributed by atoms with E-state index in [1.54, 1.807) is 49.6 Å². The van der Waals surface area contributed by atoms with E-state index in [0.29, 0.717) is 27.0 Å². The molecule has 0 spiro atoms. The number of nitrogens with one attached hydrogen (secondary N) is 2. The van der Waals surface area contributed by atoms with Gasteiger partial charge >= 0.3 is 0 Å². The fourth-order valence-electron chi connectivity index (χ4n) is 3.24.